The zero-order valence-corrected chi connectivity index (χ0v) is 24.8. The third-order valence-electron chi connectivity index (χ3n) is 7.00. The maximum absolute atomic E-state index is 12.7. The van der Waals surface area contributed by atoms with Crippen LogP contribution in [0.5, 0.6) is 11.5 Å². The van der Waals surface area contributed by atoms with Crippen LogP contribution in [0.2, 0.25) is 0 Å². The fraction of sp³-hybridized carbons (Fsp3) is 0.452. The lowest BCUT2D eigenvalue weighted by atomic mass is 9.92. The Balaban J connectivity index is 1.44. The summed E-state index contributed by atoms with van der Waals surface area (Å²) in [5.41, 5.74) is 3.99. The maximum Gasteiger partial charge on any atom is 0.253 e. The van der Waals surface area contributed by atoms with E-state index < -0.39 is 0 Å². The van der Waals surface area contributed by atoms with Crippen molar-refractivity contribution >= 4 is 23.5 Å². The van der Waals surface area contributed by atoms with Gasteiger partial charge in [-0.15, -0.1) is 0 Å². The van der Waals surface area contributed by atoms with E-state index in [0.717, 1.165) is 83.9 Å². The van der Waals surface area contributed by atoms with Gasteiger partial charge in [0, 0.05) is 49.5 Å². The second kappa shape index (κ2) is 12.7. The Morgan fingerprint density at radius 3 is 2.26 bits per heavy atom. The number of likely N-dealkylation sites (N-methyl/N-ethyl adjacent to an activating group) is 1. The molecule has 3 aromatic rings. The SMILES string of the molecule is COc1ccc(CCN(C)c2cc(C(C)(C)C)nc(SCc3ccc(C(=O)N4CCCC4)cc3)n2)cc1OC. The highest BCUT2D eigenvalue weighted by molar-refractivity contribution is 7.98. The number of ether oxygens (including phenoxy) is 2. The van der Waals surface area contributed by atoms with Crippen LogP contribution in [0.25, 0.3) is 0 Å². The third kappa shape index (κ3) is 7.44. The number of hydrogen-bond donors (Lipinski definition) is 0. The van der Waals surface area contributed by atoms with Crippen molar-refractivity contribution in [3.63, 3.8) is 0 Å². The number of amides is 1. The first kappa shape index (κ1) is 28.7. The smallest absolute Gasteiger partial charge is 0.253 e. The van der Waals surface area contributed by atoms with Gasteiger partial charge in [-0.25, -0.2) is 9.97 Å². The molecule has 0 radical (unpaired) electrons. The molecule has 2 aromatic carbocycles. The minimum atomic E-state index is -0.102. The van der Waals surface area contributed by atoms with Crippen molar-refractivity contribution in [2.45, 2.75) is 56.4 Å². The lowest BCUT2D eigenvalue weighted by molar-refractivity contribution is 0.0793. The largest absolute Gasteiger partial charge is 0.493 e. The number of rotatable bonds is 10. The molecule has 0 saturated carbocycles. The second-order valence-electron chi connectivity index (χ2n) is 11.0. The quantitative estimate of drug-likeness (QED) is 0.227. The van der Waals surface area contributed by atoms with Gasteiger partial charge in [0.25, 0.3) is 5.91 Å². The summed E-state index contributed by atoms with van der Waals surface area (Å²) in [6, 6.07) is 16.1. The summed E-state index contributed by atoms with van der Waals surface area (Å²) in [6.07, 6.45) is 3.04. The van der Waals surface area contributed by atoms with E-state index in [9.17, 15) is 4.79 Å². The van der Waals surface area contributed by atoms with Gasteiger partial charge in [0.15, 0.2) is 16.7 Å². The van der Waals surface area contributed by atoms with E-state index >= 15 is 0 Å². The molecule has 208 valence electrons. The Morgan fingerprint density at radius 1 is 0.949 bits per heavy atom. The van der Waals surface area contributed by atoms with Gasteiger partial charge in [-0.3, -0.25) is 4.79 Å². The first-order valence-electron chi connectivity index (χ1n) is 13.5. The molecule has 1 amide bonds. The van der Waals surface area contributed by atoms with Gasteiger partial charge in [0.2, 0.25) is 0 Å². The van der Waals surface area contributed by atoms with E-state index in [-0.39, 0.29) is 11.3 Å². The number of aromatic nitrogens is 2. The summed E-state index contributed by atoms with van der Waals surface area (Å²) < 4.78 is 10.8. The van der Waals surface area contributed by atoms with Gasteiger partial charge in [0.05, 0.1) is 19.9 Å². The molecule has 1 aliphatic rings. The predicted molar refractivity (Wildman–Crippen MR) is 158 cm³/mol. The average molecular weight is 549 g/mol. The molecule has 1 saturated heterocycles. The van der Waals surface area contributed by atoms with Gasteiger partial charge >= 0.3 is 0 Å². The molecule has 2 heterocycles. The van der Waals surface area contributed by atoms with Crippen molar-refractivity contribution in [2.75, 3.05) is 45.8 Å². The van der Waals surface area contributed by atoms with Crippen molar-refractivity contribution in [2.24, 2.45) is 0 Å². The molecular weight excluding hydrogens is 508 g/mol. The lowest BCUT2D eigenvalue weighted by Gasteiger charge is -2.23. The van der Waals surface area contributed by atoms with E-state index in [2.05, 4.69) is 44.9 Å². The van der Waals surface area contributed by atoms with Crippen LogP contribution < -0.4 is 14.4 Å². The number of likely N-dealkylation sites (tertiary alicyclic amines) is 1. The Morgan fingerprint density at radius 2 is 1.62 bits per heavy atom. The molecule has 0 aliphatic carbocycles. The van der Waals surface area contributed by atoms with Crippen molar-refractivity contribution in [3.05, 3.63) is 70.9 Å². The van der Waals surface area contributed by atoms with E-state index in [1.54, 1.807) is 26.0 Å². The molecule has 0 bridgehead atoms. The van der Waals surface area contributed by atoms with Crippen LogP contribution in [-0.2, 0) is 17.6 Å². The monoisotopic (exact) mass is 548 g/mol. The Kier molecular flexibility index (Phi) is 9.38. The summed E-state index contributed by atoms with van der Waals surface area (Å²) in [6.45, 7) is 9.05. The summed E-state index contributed by atoms with van der Waals surface area (Å²) in [5.74, 6) is 3.25. The van der Waals surface area contributed by atoms with Gasteiger partial charge in [-0.1, -0.05) is 50.7 Å². The molecule has 7 nitrogen and oxygen atoms in total. The predicted octanol–water partition coefficient (Wildman–Crippen LogP) is 6.00. The van der Waals surface area contributed by atoms with Gasteiger partial charge in [-0.05, 0) is 54.7 Å². The molecular formula is C31H40N4O3S. The van der Waals surface area contributed by atoms with Gasteiger partial charge in [0.1, 0.15) is 5.82 Å². The summed E-state index contributed by atoms with van der Waals surface area (Å²) >= 11 is 1.62. The zero-order valence-electron chi connectivity index (χ0n) is 24.0. The molecule has 1 aliphatic heterocycles. The number of hydrogen-bond acceptors (Lipinski definition) is 7. The first-order chi connectivity index (χ1) is 18.7. The standard InChI is InChI=1S/C31H40N4O3S/c1-31(2,3)27-20-28(34(4)18-15-22-11-14-25(37-5)26(19-22)38-6)33-30(32-27)39-21-23-9-12-24(13-10-23)29(36)35-16-7-8-17-35/h9-14,19-20H,7-8,15-18,21H2,1-6H3. The summed E-state index contributed by atoms with van der Waals surface area (Å²) in [4.78, 5) is 26.6. The second-order valence-corrected chi connectivity index (χ2v) is 11.9. The van der Waals surface area contributed by atoms with Crippen LogP contribution in [0, 0.1) is 0 Å². The van der Waals surface area contributed by atoms with E-state index in [1.165, 1.54) is 5.56 Å². The molecule has 1 aromatic heterocycles. The highest BCUT2D eigenvalue weighted by Gasteiger charge is 2.21. The first-order valence-corrected chi connectivity index (χ1v) is 14.5. The Hall–Kier alpha value is -3.26. The van der Waals surface area contributed by atoms with Crippen LogP contribution in [0.4, 0.5) is 5.82 Å². The van der Waals surface area contributed by atoms with Crippen LogP contribution >= 0.6 is 11.8 Å². The van der Waals surface area contributed by atoms with Crippen molar-refractivity contribution in [3.8, 4) is 11.5 Å². The molecule has 8 heteroatoms. The van der Waals surface area contributed by atoms with Crippen LogP contribution in [0.1, 0.15) is 60.8 Å². The Labute approximate surface area is 236 Å². The van der Waals surface area contributed by atoms with E-state index in [4.69, 9.17) is 19.4 Å². The third-order valence-corrected chi connectivity index (χ3v) is 7.92. The number of nitrogens with zero attached hydrogens (tertiary/aromatic N) is 4. The average Bonchev–Trinajstić information content (AvgIpc) is 3.49. The minimum absolute atomic E-state index is 0.102. The molecule has 0 unspecified atom stereocenters. The highest BCUT2D eigenvalue weighted by Crippen LogP contribution is 2.30. The molecule has 0 N–H and O–H groups in total. The fourth-order valence-corrected chi connectivity index (χ4v) is 5.31. The number of anilines is 1. The van der Waals surface area contributed by atoms with Crippen LogP contribution in [0.15, 0.2) is 53.7 Å². The summed E-state index contributed by atoms with van der Waals surface area (Å²) in [7, 11) is 5.37. The number of methoxy groups -OCH3 is 2. The van der Waals surface area contributed by atoms with E-state index in [0.29, 0.717) is 0 Å². The van der Waals surface area contributed by atoms with Gasteiger partial charge < -0.3 is 19.3 Å². The minimum Gasteiger partial charge on any atom is -0.493 e. The Bertz CT molecular complexity index is 1270. The van der Waals surface area contributed by atoms with Crippen LogP contribution in [0.3, 0.4) is 0 Å². The molecule has 39 heavy (non-hydrogen) atoms. The normalized spacial score (nSPS) is 13.4. The number of thioether (sulfide) groups is 1. The van der Waals surface area contributed by atoms with Crippen LogP contribution in [-0.4, -0.2) is 61.7 Å². The number of carbonyl (C=O) groups excluding carboxylic acids is 1. The maximum atomic E-state index is 12.7. The topological polar surface area (TPSA) is 67.8 Å². The lowest BCUT2D eigenvalue weighted by Crippen LogP contribution is -2.27. The van der Waals surface area contributed by atoms with Crippen molar-refractivity contribution in [1.29, 1.82) is 0 Å². The summed E-state index contributed by atoms with van der Waals surface area (Å²) in [5, 5.41) is 0.757. The molecule has 1 fully saturated rings. The number of benzene rings is 2. The van der Waals surface area contributed by atoms with Gasteiger partial charge in [-0.2, -0.15) is 0 Å². The highest BCUT2D eigenvalue weighted by atomic mass is 32.2. The van der Waals surface area contributed by atoms with Crippen molar-refractivity contribution in [1.82, 2.24) is 14.9 Å². The molecule has 4 rings (SSSR count). The zero-order chi connectivity index (χ0) is 28.0. The van der Waals surface area contributed by atoms with Crippen molar-refractivity contribution < 1.29 is 14.3 Å². The molecule has 0 spiro atoms. The number of carbonyl (C=O) groups is 1. The fourth-order valence-electron chi connectivity index (χ4n) is 4.50. The molecule has 0 atom stereocenters. The van der Waals surface area contributed by atoms with E-state index in [1.807, 2.05) is 41.3 Å².